The maximum absolute atomic E-state index is 12.9. The Morgan fingerprint density at radius 1 is 0.935 bits per heavy atom. The van der Waals surface area contributed by atoms with Gasteiger partial charge in [-0.25, -0.2) is 0 Å². The average molecular weight is 434 g/mol. The van der Waals surface area contributed by atoms with Crippen molar-refractivity contribution < 1.29 is 14.4 Å². The van der Waals surface area contributed by atoms with Gasteiger partial charge in [-0.05, 0) is 29.8 Å². The molecule has 0 radical (unpaired) electrons. The monoisotopic (exact) mass is 433 g/mol. The highest BCUT2D eigenvalue weighted by Crippen LogP contribution is 2.25. The fraction of sp³-hybridized carbons (Fsp3) is 0.167. The van der Waals surface area contributed by atoms with E-state index >= 15 is 0 Å². The zero-order chi connectivity index (χ0) is 22.1. The molecule has 1 heterocycles. The topological polar surface area (TPSA) is 88.2 Å². The molecule has 0 aliphatic rings. The molecule has 0 bridgehead atoms. The molecule has 158 valence electrons. The van der Waals surface area contributed by atoms with E-state index in [0.717, 1.165) is 10.5 Å². The summed E-state index contributed by atoms with van der Waals surface area (Å²) in [5.74, 6) is -0.473. The molecule has 31 heavy (non-hydrogen) atoms. The zero-order valence-electron chi connectivity index (χ0n) is 17.1. The Labute approximate surface area is 185 Å². The minimum Gasteiger partial charge on any atom is -0.350 e. The van der Waals surface area contributed by atoms with E-state index in [-0.39, 0.29) is 23.4 Å². The number of hydrogen-bond acceptors (Lipinski definition) is 5. The van der Waals surface area contributed by atoms with Gasteiger partial charge in [0.05, 0.1) is 0 Å². The summed E-state index contributed by atoms with van der Waals surface area (Å²) in [7, 11) is 0. The molecule has 2 amide bonds. The first kappa shape index (κ1) is 22.2. The predicted molar refractivity (Wildman–Crippen MR) is 121 cm³/mol. The molecule has 6 nitrogen and oxygen atoms in total. The molecule has 0 spiro atoms. The van der Waals surface area contributed by atoms with E-state index < -0.39 is 6.04 Å². The largest absolute Gasteiger partial charge is 0.350 e. The fourth-order valence-electron chi connectivity index (χ4n) is 2.92. The van der Waals surface area contributed by atoms with Gasteiger partial charge in [0.25, 0.3) is 0 Å². The molecule has 2 N–H and O–H groups in total. The molecular weight excluding hydrogens is 410 g/mol. The highest BCUT2D eigenvalue weighted by atomic mass is 32.2. The predicted octanol–water partition coefficient (Wildman–Crippen LogP) is 3.23. The SMILES string of the molecule is CC(=O)N[C@@H](CSc1ccccc1C(=O)c1ccccn1)C(=O)NCc1ccccc1. The number of amides is 2. The lowest BCUT2D eigenvalue weighted by atomic mass is 10.1. The quantitative estimate of drug-likeness (QED) is 0.400. The van der Waals surface area contributed by atoms with Gasteiger partial charge in [-0.3, -0.25) is 19.4 Å². The van der Waals surface area contributed by atoms with Crippen LogP contribution in [0.25, 0.3) is 0 Å². The number of nitrogens with one attached hydrogen (secondary N) is 2. The average Bonchev–Trinajstić information content (AvgIpc) is 2.81. The van der Waals surface area contributed by atoms with Gasteiger partial charge in [0.1, 0.15) is 11.7 Å². The normalized spacial score (nSPS) is 11.4. The van der Waals surface area contributed by atoms with E-state index in [1.54, 1.807) is 36.5 Å². The van der Waals surface area contributed by atoms with Crippen molar-refractivity contribution in [3.8, 4) is 0 Å². The lowest BCUT2D eigenvalue weighted by Crippen LogP contribution is -2.47. The Morgan fingerprint density at radius 2 is 1.65 bits per heavy atom. The lowest BCUT2D eigenvalue weighted by Gasteiger charge is -2.18. The van der Waals surface area contributed by atoms with Gasteiger partial charge in [0.2, 0.25) is 17.6 Å². The standard InChI is InChI=1S/C24H23N3O3S/c1-17(28)27-21(24(30)26-15-18-9-3-2-4-10-18)16-31-22-13-6-5-11-19(22)23(29)20-12-7-8-14-25-20/h2-14,21H,15-16H2,1H3,(H,26,30)(H,27,28)/t21-/m0/s1. The van der Waals surface area contributed by atoms with Crippen molar-refractivity contribution in [3.05, 3.63) is 95.8 Å². The van der Waals surface area contributed by atoms with Crippen LogP contribution in [0.2, 0.25) is 0 Å². The molecule has 7 heteroatoms. The van der Waals surface area contributed by atoms with E-state index in [1.165, 1.54) is 18.7 Å². The molecular formula is C24H23N3O3S. The molecule has 3 aromatic rings. The van der Waals surface area contributed by atoms with E-state index in [9.17, 15) is 14.4 Å². The van der Waals surface area contributed by atoms with Crippen LogP contribution < -0.4 is 10.6 Å². The summed E-state index contributed by atoms with van der Waals surface area (Å²) >= 11 is 1.35. The first-order valence-corrected chi connectivity index (χ1v) is 10.8. The number of ketones is 1. The maximum atomic E-state index is 12.9. The molecule has 0 saturated heterocycles. The van der Waals surface area contributed by atoms with Gasteiger partial charge in [0, 0.05) is 35.9 Å². The van der Waals surface area contributed by atoms with Crippen LogP contribution >= 0.6 is 11.8 Å². The van der Waals surface area contributed by atoms with Gasteiger partial charge in [-0.1, -0.05) is 48.5 Å². The summed E-state index contributed by atoms with van der Waals surface area (Å²) in [6.07, 6.45) is 1.58. The summed E-state index contributed by atoms with van der Waals surface area (Å²) in [4.78, 5) is 42.1. The fourth-order valence-corrected chi connectivity index (χ4v) is 4.00. The van der Waals surface area contributed by atoms with E-state index in [0.29, 0.717) is 17.8 Å². The van der Waals surface area contributed by atoms with Gasteiger partial charge >= 0.3 is 0 Å². The van der Waals surface area contributed by atoms with Gasteiger partial charge in [-0.2, -0.15) is 0 Å². The number of hydrogen-bond donors (Lipinski definition) is 2. The molecule has 3 rings (SSSR count). The van der Waals surface area contributed by atoms with Crippen molar-refractivity contribution in [2.45, 2.75) is 24.4 Å². The van der Waals surface area contributed by atoms with E-state index in [2.05, 4.69) is 15.6 Å². The summed E-state index contributed by atoms with van der Waals surface area (Å²) in [6.45, 7) is 1.75. The summed E-state index contributed by atoms with van der Waals surface area (Å²) < 4.78 is 0. The van der Waals surface area contributed by atoms with Gasteiger partial charge in [-0.15, -0.1) is 11.8 Å². The van der Waals surface area contributed by atoms with Crippen molar-refractivity contribution in [1.29, 1.82) is 0 Å². The van der Waals surface area contributed by atoms with Gasteiger partial charge < -0.3 is 10.6 Å². The number of carbonyl (C=O) groups excluding carboxylic acids is 3. The van der Waals surface area contributed by atoms with Crippen LogP contribution in [0.5, 0.6) is 0 Å². The van der Waals surface area contributed by atoms with Crippen LogP contribution in [-0.2, 0) is 16.1 Å². The number of pyridine rings is 1. The minimum atomic E-state index is -0.732. The number of nitrogens with zero attached hydrogens (tertiary/aromatic N) is 1. The van der Waals surface area contributed by atoms with Crippen molar-refractivity contribution in [2.75, 3.05) is 5.75 Å². The summed E-state index contributed by atoms with van der Waals surface area (Å²) in [5, 5.41) is 5.56. The smallest absolute Gasteiger partial charge is 0.243 e. The second-order valence-corrected chi connectivity index (χ2v) is 7.87. The molecule has 1 atom stereocenters. The summed E-state index contributed by atoms with van der Waals surface area (Å²) in [6, 6.07) is 21.2. The first-order chi connectivity index (χ1) is 15.0. The lowest BCUT2D eigenvalue weighted by molar-refractivity contribution is -0.127. The molecule has 2 aromatic carbocycles. The van der Waals surface area contributed by atoms with Gasteiger partial charge in [0.15, 0.2) is 0 Å². The summed E-state index contributed by atoms with van der Waals surface area (Å²) in [5.41, 5.74) is 1.84. The Kier molecular flexibility index (Phi) is 7.95. The molecule has 0 unspecified atom stereocenters. The van der Waals surface area contributed by atoms with Crippen molar-refractivity contribution >= 4 is 29.4 Å². The van der Waals surface area contributed by atoms with Crippen LogP contribution in [-0.4, -0.2) is 34.4 Å². The Hall–Kier alpha value is -3.45. The first-order valence-electron chi connectivity index (χ1n) is 9.81. The Bertz CT molecular complexity index is 1040. The van der Waals surface area contributed by atoms with E-state index in [1.807, 2.05) is 42.5 Å². The third kappa shape index (κ3) is 6.52. The highest BCUT2D eigenvalue weighted by molar-refractivity contribution is 7.99. The van der Waals surface area contributed by atoms with Crippen LogP contribution in [0.1, 0.15) is 28.5 Å². The van der Waals surface area contributed by atoms with Crippen LogP contribution in [0.3, 0.4) is 0 Å². The molecule has 0 saturated carbocycles. The minimum absolute atomic E-state index is 0.187. The third-order valence-corrected chi connectivity index (χ3v) is 5.61. The number of thioether (sulfide) groups is 1. The maximum Gasteiger partial charge on any atom is 0.243 e. The molecule has 0 aliphatic heterocycles. The second-order valence-electron chi connectivity index (χ2n) is 6.81. The third-order valence-electron chi connectivity index (χ3n) is 4.44. The number of rotatable bonds is 9. The number of carbonyl (C=O) groups is 3. The Balaban J connectivity index is 1.69. The van der Waals surface area contributed by atoms with Crippen molar-refractivity contribution in [3.63, 3.8) is 0 Å². The van der Waals surface area contributed by atoms with Crippen molar-refractivity contribution in [2.24, 2.45) is 0 Å². The molecule has 0 fully saturated rings. The zero-order valence-corrected chi connectivity index (χ0v) is 17.9. The molecule has 1 aromatic heterocycles. The molecule has 0 aliphatic carbocycles. The second kappa shape index (κ2) is 11.1. The number of aromatic nitrogens is 1. The number of benzene rings is 2. The Morgan fingerprint density at radius 3 is 2.35 bits per heavy atom. The van der Waals surface area contributed by atoms with Crippen LogP contribution in [0.4, 0.5) is 0 Å². The van der Waals surface area contributed by atoms with Crippen LogP contribution in [0, 0.1) is 0 Å². The highest BCUT2D eigenvalue weighted by Gasteiger charge is 2.21. The van der Waals surface area contributed by atoms with E-state index in [4.69, 9.17) is 0 Å². The van der Waals surface area contributed by atoms with Crippen molar-refractivity contribution in [1.82, 2.24) is 15.6 Å². The van der Waals surface area contributed by atoms with Crippen LogP contribution in [0.15, 0.2) is 83.9 Å².